The van der Waals surface area contributed by atoms with Gasteiger partial charge in [-0.2, -0.15) is 0 Å². The van der Waals surface area contributed by atoms with E-state index in [1.54, 1.807) is 12.3 Å². The van der Waals surface area contributed by atoms with Gasteiger partial charge in [0.2, 0.25) is 5.91 Å². The molecule has 23 heavy (non-hydrogen) atoms. The molecule has 6 heteroatoms. The molecule has 0 radical (unpaired) electrons. The van der Waals surface area contributed by atoms with Crippen molar-refractivity contribution < 1.29 is 14.0 Å². The molecule has 0 bridgehead atoms. The summed E-state index contributed by atoms with van der Waals surface area (Å²) in [5.41, 5.74) is 0.643. The minimum atomic E-state index is -0.0371. The standard InChI is InChI=1S/C17H25N3O3/c1-12-14(6-9-23-12)17(22)20-8-3-4-13(11-20)10-19-16(21)15-5-2-7-18-15/h6,9,13,15,18H,2-5,7-8,10-11H2,1H3,(H,19,21). The fraction of sp³-hybridized carbons (Fsp3) is 0.647. The Kier molecular flexibility index (Phi) is 5.00. The lowest BCUT2D eigenvalue weighted by Gasteiger charge is -2.33. The van der Waals surface area contributed by atoms with Crippen molar-refractivity contribution in [3.63, 3.8) is 0 Å². The molecule has 2 aliphatic rings. The maximum Gasteiger partial charge on any atom is 0.257 e. The van der Waals surface area contributed by atoms with Gasteiger partial charge in [0.15, 0.2) is 0 Å². The number of rotatable bonds is 4. The number of carbonyl (C=O) groups is 2. The molecule has 2 N–H and O–H groups in total. The van der Waals surface area contributed by atoms with E-state index < -0.39 is 0 Å². The SMILES string of the molecule is Cc1occc1C(=O)N1CCCC(CNC(=O)C2CCCN2)C1. The first-order valence-corrected chi connectivity index (χ1v) is 8.49. The molecule has 3 rings (SSSR count). The van der Waals surface area contributed by atoms with Gasteiger partial charge in [0.25, 0.3) is 5.91 Å². The highest BCUT2D eigenvalue weighted by molar-refractivity contribution is 5.95. The minimum Gasteiger partial charge on any atom is -0.469 e. The van der Waals surface area contributed by atoms with Gasteiger partial charge < -0.3 is 20.0 Å². The van der Waals surface area contributed by atoms with Crippen molar-refractivity contribution in [2.45, 2.75) is 38.6 Å². The smallest absolute Gasteiger partial charge is 0.257 e. The number of aryl methyl sites for hydroxylation is 1. The quantitative estimate of drug-likeness (QED) is 0.877. The molecule has 0 aromatic carbocycles. The van der Waals surface area contributed by atoms with Gasteiger partial charge in [-0.3, -0.25) is 9.59 Å². The molecule has 2 unspecified atom stereocenters. The monoisotopic (exact) mass is 319 g/mol. The summed E-state index contributed by atoms with van der Waals surface area (Å²) in [6, 6.07) is 1.69. The maximum atomic E-state index is 12.5. The lowest BCUT2D eigenvalue weighted by atomic mass is 9.97. The number of amides is 2. The third-order valence-electron chi connectivity index (χ3n) is 4.84. The Morgan fingerprint density at radius 3 is 2.96 bits per heavy atom. The summed E-state index contributed by atoms with van der Waals surface area (Å²) in [5, 5.41) is 6.25. The van der Waals surface area contributed by atoms with Gasteiger partial charge in [0, 0.05) is 19.6 Å². The van der Waals surface area contributed by atoms with Crippen molar-refractivity contribution >= 4 is 11.8 Å². The largest absolute Gasteiger partial charge is 0.469 e. The lowest BCUT2D eigenvalue weighted by molar-refractivity contribution is -0.123. The first kappa shape index (κ1) is 16.1. The van der Waals surface area contributed by atoms with Crippen LogP contribution in [-0.2, 0) is 4.79 Å². The number of carbonyl (C=O) groups excluding carboxylic acids is 2. The van der Waals surface area contributed by atoms with Gasteiger partial charge in [0.05, 0.1) is 17.9 Å². The van der Waals surface area contributed by atoms with Crippen LogP contribution in [0.3, 0.4) is 0 Å². The molecule has 126 valence electrons. The zero-order chi connectivity index (χ0) is 16.2. The van der Waals surface area contributed by atoms with Crippen LogP contribution in [0.25, 0.3) is 0 Å². The van der Waals surface area contributed by atoms with E-state index >= 15 is 0 Å². The Morgan fingerprint density at radius 2 is 2.26 bits per heavy atom. The highest BCUT2D eigenvalue weighted by Gasteiger charge is 2.27. The number of piperidine rings is 1. The van der Waals surface area contributed by atoms with Crippen LogP contribution >= 0.6 is 0 Å². The molecule has 1 aromatic heterocycles. The molecule has 2 aliphatic heterocycles. The Labute approximate surface area is 136 Å². The number of likely N-dealkylation sites (tertiary alicyclic amines) is 1. The van der Waals surface area contributed by atoms with Crippen molar-refractivity contribution in [1.82, 2.24) is 15.5 Å². The van der Waals surface area contributed by atoms with E-state index in [-0.39, 0.29) is 17.9 Å². The second-order valence-electron chi connectivity index (χ2n) is 6.54. The van der Waals surface area contributed by atoms with Gasteiger partial charge in [-0.25, -0.2) is 0 Å². The molecule has 1 aromatic rings. The number of furan rings is 1. The van der Waals surface area contributed by atoms with Gasteiger partial charge in [-0.1, -0.05) is 0 Å². The predicted molar refractivity (Wildman–Crippen MR) is 86.1 cm³/mol. The Morgan fingerprint density at radius 1 is 1.39 bits per heavy atom. The average molecular weight is 319 g/mol. The van der Waals surface area contributed by atoms with E-state index in [2.05, 4.69) is 10.6 Å². The van der Waals surface area contributed by atoms with Crippen LogP contribution in [0.2, 0.25) is 0 Å². The topological polar surface area (TPSA) is 74.6 Å². The molecule has 6 nitrogen and oxygen atoms in total. The summed E-state index contributed by atoms with van der Waals surface area (Å²) < 4.78 is 5.23. The lowest BCUT2D eigenvalue weighted by Crippen LogP contribution is -2.46. The normalized spacial score (nSPS) is 24.7. The zero-order valence-corrected chi connectivity index (χ0v) is 13.6. The molecule has 2 fully saturated rings. The van der Waals surface area contributed by atoms with Crippen molar-refractivity contribution in [2.75, 3.05) is 26.2 Å². The van der Waals surface area contributed by atoms with E-state index in [9.17, 15) is 9.59 Å². The Balaban J connectivity index is 1.51. The van der Waals surface area contributed by atoms with E-state index in [0.29, 0.717) is 30.3 Å². The molecular weight excluding hydrogens is 294 g/mol. The number of hydrogen-bond donors (Lipinski definition) is 2. The first-order valence-electron chi connectivity index (χ1n) is 8.49. The molecule has 0 saturated carbocycles. The van der Waals surface area contributed by atoms with Crippen molar-refractivity contribution in [1.29, 1.82) is 0 Å². The Bertz CT molecular complexity index is 563. The Hall–Kier alpha value is -1.82. The van der Waals surface area contributed by atoms with Crippen LogP contribution in [-0.4, -0.2) is 48.9 Å². The summed E-state index contributed by atoms with van der Waals surface area (Å²) in [7, 11) is 0. The van der Waals surface area contributed by atoms with E-state index in [1.165, 1.54) is 0 Å². The minimum absolute atomic E-state index is 0.0322. The summed E-state index contributed by atoms with van der Waals surface area (Å²) in [6.07, 6.45) is 5.56. The van der Waals surface area contributed by atoms with Gasteiger partial charge >= 0.3 is 0 Å². The van der Waals surface area contributed by atoms with E-state index in [4.69, 9.17) is 4.42 Å². The summed E-state index contributed by atoms with van der Waals surface area (Å²) in [5.74, 6) is 1.12. The fourth-order valence-electron chi connectivity index (χ4n) is 3.47. The van der Waals surface area contributed by atoms with Crippen molar-refractivity contribution in [2.24, 2.45) is 5.92 Å². The summed E-state index contributed by atoms with van der Waals surface area (Å²) >= 11 is 0. The molecule has 0 aliphatic carbocycles. The van der Waals surface area contributed by atoms with Gasteiger partial charge in [-0.05, 0) is 51.1 Å². The summed E-state index contributed by atoms with van der Waals surface area (Å²) in [4.78, 5) is 26.5. The molecular formula is C17H25N3O3. The van der Waals surface area contributed by atoms with Crippen LogP contribution in [0.4, 0.5) is 0 Å². The highest BCUT2D eigenvalue weighted by atomic mass is 16.3. The molecule has 2 saturated heterocycles. The van der Waals surface area contributed by atoms with Crippen molar-refractivity contribution in [3.05, 3.63) is 23.7 Å². The zero-order valence-electron chi connectivity index (χ0n) is 13.6. The van der Waals surface area contributed by atoms with Crippen LogP contribution in [0, 0.1) is 12.8 Å². The van der Waals surface area contributed by atoms with Gasteiger partial charge in [-0.15, -0.1) is 0 Å². The van der Waals surface area contributed by atoms with Crippen LogP contribution in [0.1, 0.15) is 41.8 Å². The first-order chi connectivity index (χ1) is 11.1. The molecule has 2 atom stereocenters. The third-order valence-corrected chi connectivity index (χ3v) is 4.84. The van der Waals surface area contributed by atoms with Crippen LogP contribution < -0.4 is 10.6 Å². The molecule has 3 heterocycles. The number of hydrogen-bond acceptors (Lipinski definition) is 4. The van der Waals surface area contributed by atoms with E-state index in [1.807, 2.05) is 11.8 Å². The summed E-state index contributed by atoms with van der Waals surface area (Å²) in [6.45, 7) is 4.85. The predicted octanol–water partition coefficient (Wildman–Crippen LogP) is 1.31. The number of nitrogens with zero attached hydrogens (tertiary/aromatic N) is 1. The highest BCUT2D eigenvalue weighted by Crippen LogP contribution is 2.20. The third kappa shape index (κ3) is 3.75. The van der Waals surface area contributed by atoms with Crippen LogP contribution in [0.5, 0.6) is 0 Å². The van der Waals surface area contributed by atoms with Gasteiger partial charge in [0.1, 0.15) is 5.76 Å². The molecule has 2 amide bonds. The maximum absolute atomic E-state index is 12.5. The molecule has 0 spiro atoms. The van der Waals surface area contributed by atoms with Crippen molar-refractivity contribution in [3.8, 4) is 0 Å². The average Bonchev–Trinajstić information content (AvgIpc) is 3.23. The van der Waals surface area contributed by atoms with E-state index in [0.717, 1.165) is 38.8 Å². The second kappa shape index (κ2) is 7.17. The second-order valence-corrected chi connectivity index (χ2v) is 6.54. The fourth-order valence-corrected chi connectivity index (χ4v) is 3.47. The van der Waals surface area contributed by atoms with Crippen LogP contribution in [0.15, 0.2) is 16.7 Å². The number of nitrogens with one attached hydrogen (secondary N) is 2.